The molecular weight excluding hydrogens is 130 g/mol. The zero-order chi connectivity index (χ0) is 8.15. The van der Waals surface area contributed by atoms with Gasteiger partial charge >= 0.3 is 0 Å². The Balaban J connectivity index is 3.50. The SMILES string of the molecule is CN(C)C(=O)CCC(=N)N. The van der Waals surface area contributed by atoms with E-state index < -0.39 is 0 Å². The van der Waals surface area contributed by atoms with Crippen LogP contribution in [0, 0.1) is 5.41 Å². The predicted molar refractivity (Wildman–Crippen MR) is 39.8 cm³/mol. The number of nitrogens with two attached hydrogens (primary N) is 1. The summed E-state index contributed by atoms with van der Waals surface area (Å²) >= 11 is 0. The summed E-state index contributed by atoms with van der Waals surface area (Å²) in [4.78, 5) is 12.3. The molecule has 10 heavy (non-hydrogen) atoms. The lowest BCUT2D eigenvalue weighted by Gasteiger charge is -2.08. The van der Waals surface area contributed by atoms with Crippen molar-refractivity contribution in [2.45, 2.75) is 12.8 Å². The monoisotopic (exact) mass is 143 g/mol. The van der Waals surface area contributed by atoms with E-state index in [1.165, 1.54) is 4.90 Å². The Morgan fingerprint density at radius 1 is 1.50 bits per heavy atom. The molecule has 58 valence electrons. The summed E-state index contributed by atoms with van der Waals surface area (Å²) in [6.45, 7) is 0. The number of nitrogens with one attached hydrogen (secondary N) is 1. The summed E-state index contributed by atoms with van der Waals surface area (Å²) in [6, 6.07) is 0. The van der Waals surface area contributed by atoms with Crippen LogP contribution >= 0.6 is 0 Å². The summed E-state index contributed by atoms with van der Waals surface area (Å²) in [6.07, 6.45) is 0.694. The predicted octanol–water partition coefficient (Wildman–Crippen LogP) is -0.209. The molecule has 0 aliphatic rings. The van der Waals surface area contributed by atoms with Gasteiger partial charge in [-0.25, -0.2) is 0 Å². The first-order valence-electron chi connectivity index (χ1n) is 3.07. The minimum atomic E-state index is 0.00944. The normalized spacial score (nSPS) is 9.00. The maximum absolute atomic E-state index is 10.8. The van der Waals surface area contributed by atoms with Crippen LogP contribution in [0.3, 0.4) is 0 Å². The third-order valence-corrected chi connectivity index (χ3v) is 1.11. The van der Waals surface area contributed by atoms with E-state index in [1.54, 1.807) is 14.1 Å². The summed E-state index contributed by atoms with van der Waals surface area (Å²) < 4.78 is 0. The highest BCUT2D eigenvalue weighted by atomic mass is 16.2. The third kappa shape index (κ3) is 3.88. The van der Waals surface area contributed by atoms with E-state index >= 15 is 0 Å². The van der Waals surface area contributed by atoms with Crippen LogP contribution in [0.2, 0.25) is 0 Å². The van der Waals surface area contributed by atoms with Gasteiger partial charge in [0.1, 0.15) is 0 Å². The molecule has 0 saturated carbocycles. The Hall–Kier alpha value is -1.06. The van der Waals surface area contributed by atoms with Crippen LogP contribution in [0.1, 0.15) is 12.8 Å². The lowest BCUT2D eigenvalue weighted by Crippen LogP contribution is -2.23. The maximum atomic E-state index is 10.8. The standard InChI is InChI=1S/C6H13N3O/c1-9(2)6(10)4-3-5(7)8/h3-4H2,1-2H3,(H3,7,8). The van der Waals surface area contributed by atoms with Crippen LogP contribution in [0.15, 0.2) is 0 Å². The lowest BCUT2D eigenvalue weighted by atomic mass is 10.3. The van der Waals surface area contributed by atoms with E-state index in [9.17, 15) is 4.79 Å². The van der Waals surface area contributed by atoms with Crippen molar-refractivity contribution in [3.63, 3.8) is 0 Å². The van der Waals surface area contributed by atoms with Crippen LogP contribution in [-0.4, -0.2) is 30.7 Å². The van der Waals surface area contributed by atoms with Crippen molar-refractivity contribution in [1.82, 2.24) is 4.90 Å². The molecule has 0 saturated heterocycles. The van der Waals surface area contributed by atoms with Crippen molar-refractivity contribution in [3.05, 3.63) is 0 Å². The highest BCUT2D eigenvalue weighted by Crippen LogP contribution is 1.91. The van der Waals surface area contributed by atoms with E-state index in [-0.39, 0.29) is 11.7 Å². The first-order valence-corrected chi connectivity index (χ1v) is 3.07. The molecular formula is C6H13N3O. The lowest BCUT2D eigenvalue weighted by molar-refractivity contribution is -0.128. The molecule has 4 heteroatoms. The van der Waals surface area contributed by atoms with Crippen LogP contribution < -0.4 is 5.73 Å². The second kappa shape index (κ2) is 3.87. The van der Waals surface area contributed by atoms with Gasteiger partial charge < -0.3 is 10.6 Å². The highest BCUT2D eigenvalue weighted by Gasteiger charge is 2.02. The number of amides is 1. The van der Waals surface area contributed by atoms with Crippen LogP contribution in [0.25, 0.3) is 0 Å². The largest absolute Gasteiger partial charge is 0.388 e. The number of carbonyl (C=O) groups excluding carboxylic acids is 1. The van der Waals surface area contributed by atoms with Crippen molar-refractivity contribution in [1.29, 1.82) is 5.41 Å². The molecule has 3 N–H and O–H groups in total. The summed E-state index contributed by atoms with van der Waals surface area (Å²) in [5.74, 6) is 0.0744. The first kappa shape index (κ1) is 8.94. The molecule has 0 aromatic rings. The number of rotatable bonds is 3. The smallest absolute Gasteiger partial charge is 0.222 e. The van der Waals surface area contributed by atoms with Crippen molar-refractivity contribution >= 4 is 11.7 Å². The molecule has 0 heterocycles. The molecule has 4 nitrogen and oxygen atoms in total. The van der Waals surface area contributed by atoms with E-state index in [4.69, 9.17) is 11.1 Å². The average Bonchev–Trinajstić information content (AvgIpc) is 1.82. The molecule has 0 aliphatic heterocycles. The Morgan fingerprint density at radius 2 is 2.00 bits per heavy atom. The molecule has 1 amide bonds. The van der Waals surface area contributed by atoms with Gasteiger partial charge in [0.15, 0.2) is 0 Å². The number of amidine groups is 1. The Kier molecular flexibility index (Phi) is 3.46. The maximum Gasteiger partial charge on any atom is 0.222 e. The first-order chi connectivity index (χ1) is 4.54. The number of nitrogens with zero attached hydrogens (tertiary/aromatic N) is 1. The molecule has 0 aromatic heterocycles. The average molecular weight is 143 g/mol. The Bertz CT molecular complexity index is 142. The molecule has 0 spiro atoms. The summed E-state index contributed by atoms with van der Waals surface area (Å²) in [5.41, 5.74) is 5.05. The molecule has 0 rings (SSSR count). The van der Waals surface area contributed by atoms with E-state index in [2.05, 4.69) is 0 Å². The molecule has 0 atom stereocenters. The van der Waals surface area contributed by atoms with Gasteiger partial charge in [-0.1, -0.05) is 0 Å². The van der Waals surface area contributed by atoms with Gasteiger partial charge in [-0.05, 0) is 0 Å². The molecule has 0 unspecified atom stereocenters. The quantitative estimate of drug-likeness (QED) is 0.424. The van der Waals surface area contributed by atoms with Gasteiger partial charge in [-0.2, -0.15) is 0 Å². The van der Waals surface area contributed by atoms with Crippen LogP contribution in [0.4, 0.5) is 0 Å². The van der Waals surface area contributed by atoms with Gasteiger partial charge in [0.05, 0.1) is 5.84 Å². The van der Waals surface area contributed by atoms with Gasteiger partial charge in [0.25, 0.3) is 0 Å². The Morgan fingerprint density at radius 3 is 2.30 bits per heavy atom. The van der Waals surface area contributed by atoms with Crippen molar-refractivity contribution in [2.75, 3.05) is 14.1 Å². The second-order valence-electron chi connectivity index (χ2n) is 2.31. The minimum absolute atomic E-state index is 0.00944. The van der Waals surface area contributed by atoms with Gasteiger partial charge in [0, 0.05) is 26.9 Å². The number of hydrogen-bond acceptors (Lipinski definition) is 2. The van der Waals surface area contributed by atoms with Crippen LogP contribution in [-0.2, 0) is 4.79 Å². The molecule has 0 radical (unpaired) electrons. The molecule has 0 aliphatic carbocycles. The molecule has 0 bridgehead atoms. The molecule has 0 fully saturated rings. The van der Waals surface area contributed by atoms with Gasteiger partial charge in [-0.15, -0.1) is 0 Å². The third-order valence-electron chi connectivity index (χ3n) is 1.11. The van der Waals surface area contributed by atoms with Crippen molar-refractivity contribution in [2.24, 2.45) is 5.73 Å². The van der Waals surface area contributed by atoms with Crippen molar-refractivity contribution in [3.8, 4) is 0 Å². The fourth-order valence-electron chi connectivity index (χ4n) is 0.465. The Labute approximate surface area is 60.5 Å². The summed E-state index contributed by atoms with van der Waals surface area (Å²) in [7, 11) is 3.37. The second-order valence-corrected chi connectivity index (χ2v) is 2.31. The van der Waals surface area contributed by atoms with E-state index in [1.807, 2.05) is 0 Å². The number of hydrogen-bond donors (Lipinski definition) is 2. The van der Waals surface area contributed by atoms with Gasteiger partial charge in [0.2, 0.25) is 5.91 Å². The van der Waals surface area contributed by atoms with E-state index in [0.717, 1.165) is 0 Å². The minimum Gasteiger partial charge on any atom is -0.388 e. The fourth-order valence-corrected chi connectivity index (χ4v) is 0.465. The van der Waals surface area contributed by atoms with Crippen molar-refractivity contribution < 1.29 is 4.79 Å². The van der Waals surface area contributed by atoms with E-state index in [0.29, 0.717) is 12.8 Å². The van der Waals surface area contributed by atoms with Crippen LogP contribution in [0.5, 0.6) is 0 Å². The zero-order valence-electron chi connectivity index (χ0n) is 6.35. The topological polar surface area (TPSA) is 70.2 Å². The summed E-state index contributed by atoms with van der Waals surface area (Å²) in [5, 5.41) is 6.84. The molecule has 0 aromatic carbocycles. The number of carbonyl (C=O) groups is 1. The highest BCUT2D eigenvalue weighted by molar-refractivity contribution is 5.83. The fraction of sp³-hybridized carbons (Fsp3) is 0.667. The zero-order valence-corrected chi connectivity index (χ0v) is 6.35. The van der Waals surface area contributed by atoms with Gasteiger partial charge in [-0.3, -0.25) is 10.2 Å².